The number of hydrogen-bond donors (Lipinski definition) is 1. The highest BCUT2D eigenvalue weighted by atomic mass is 16.5. The van der Waals surface area contributed by atoms with E-state index in [4.69, 9.17) is 9.84 Å². The van der Waals surface area contributed by atoms with Crippen molar-refractivity contribution in [2.24, 2.45) is 0 Å². The molecule has 1 fully saturated rings. The van der Waals surface area contributed by atoms with Crippen LogP contribution in [-0.4, -0.2) is 47.8 Å². The van der Waals surface area contributed by atoms with Crippen molar-refractivity contribution in [2.45, 2.75) is 45.8 Å². The van der Waals surface area contributed by atoms with E-state index in [1.807, 2.05) is 6.92 Å². The maximum absolute atomic E-state index is 10.5. The first-order valence-corrected chi connectivity index (χ1v) is 6.25. The Morgan fingerprint density at radius 1 is 1.59 bits per heavy atom. The Bertz CT molecular complexity index is 286. The van der Waals surface area contributed by atoms with Crippen molar-refractivity contribution in [3.63, 3.8) is 0 Å². The van der Waals surface area contributed by atoms with E-state index in [1.54, 1.807) is 0 Å². The molecule has 0 amide bonds. The topological polar surface area (TPSA) is 49.8 Å². The van der Waals surface area contributed by atoms with Crippen LogP contribution >= 0.6 is 0 Å². The van der Waals surface area contributed by atoms with Crippen LogP contribution < -0.4 is 0 Å². The van der Waals surface area contributed by atoms with E-state index in [-0.39, 0.29) is 6.10 Å². The lowest BCUT2D eigenvalue weighted by Gasteiger charge is -2.33. The van der Waals surface area contributed by atoms with Gasteiger partial charge in [0.25, 0.3) is 0 Å². The maximum atomic E-state index is 10.5. The third-order valence-electron chi connectivity index (χ3n) is 2.77. The van der Waals surface area contributed by atoms with Crippen LogP contribution in [0.1, 0.15) is 33.6 Å². The van der Waals surface area contributed by atoms with Crippen LogP contribution in [0.25, 0.3) is 0 Å². The van der Waals surface area contributed by atoms with Gasteiger partial charge in [-0.2, -0.15) is 0 Å². The van der Waals surface area contributed by atoms with Gasteiger partial charge in [0.15, 0.2) is 0 Å². The zero-order valence-electron chi connectivity index (χ0n) is 11.0. The van der Waals surface area contributed by atoms with Gasteiger partial charge in [0.05, 0.1) is 12.2 Å². The second kappa shape index (κ2) is 6.77. The van der Waals surface area contributed by atoms with Crippen molar-refractivity contribution in [1.82, 2.24) is 4.90 Å². The molecule has 1 saturated heterocycles. The first-order valence-electron chi connectivity index (χ1n) is 6.25. The van der Waals surface area contributed by atoms with Gasteiger partial charge in [-0.3, -0.25) is 4.90 Å². The number of carboxylic acids is 1. The molecule has 1 unspecified atom stereocenters. The van der Waals surface area contributed by atoms with Crippen molar-refractivity contribution >= 4 is 5.97 Å². The van der Waals surface area contributed by atoms with Crippen LogP contribution in [0.2, 0.25) is 0 Å². The number of aliphatic carboxylic acids is 1. The van der Waals surface area contributed by atoms with Gasteiger partial charge >= 0.3 is 5.97 Å². The molecule has 0 bridgehead atoms. The molecule has 1 aliphatic rings. The van der Waals surface area contributed by atoms with Crippen LogP contribution in [0.5, 0.6) is 0 Å². The zero-order valence-corrected chi connectivity index (χ0v) is 11.0. The summed E-state index contributed by atoms with van der Waals surface area (Å²) >= 11 is 0. The largest absolute Gasteiger partial charge is 0.478 e. The van der Waals surface area contributed by atoms with Crippen molar-refractivity contribution in [3.8, 4) is 0 Å². The minimum atomic E-state index is -0.866. The molecule has 4 nitrogen and oxygen atoms in total. The molecule has 0 aliphatic carbocycles. The fraction of sp³-hybridized carbons (Fsp3) is 0.769. The molecule has 0 spiro atoms. The van der Waals surface area contributed by atoms with Crippen LogP contribution in [0.15, 0.2) is 11.6 Å². The van der Waals surface area contributed by atoms with Crippen molar-refractivity contribution < 1.29 is 14.6 Å². The van der Waals surface area contributed by atoms with Gasteiger partial charge in [-0.15, -0.1) is 0 Å². The second-order valence-corrected chi connectivity index (χ2v) is 5.01. The van der Waals surface area contributed by atoms with Crippen molar-refractivity contribution in [1.29, 1.82) is 0 Å². The molecule has 1 N–H and O–H groups in total. The number of likely N-dealkylation sites (tertiary alicyclic amines) is 1. The quantitative estimate of drug-likeness (QED) is 0.747. The molecule has 0 aromatic heterocycles. The smallest absolute Gasteiger partial charge is 0.328 e. The highest BCUT2D eigenvalue weighted by Gasteiger charge is 2.21. The van der Waals surface area contributed by atoms with Gasteiger partial charge in [0.2, 0.25) is 0 Å². The van der Waals surface area contributed by atoms with E-state index < -0.39 is 5.97 Å². The number of nitrogens with zero attached hydrogens (tertiary/aromatic N) is 1. The monoisotopic (exact) mass is 241 g/mol. The minimum Gasteiger partial charge on any atom is -0.478 e. The summed E-state index contributed by atoms with van der Waals surface area (Å²) in [6, 6.07) is 0. The normalized spacial score (nSPS) is 23.1. The molecule has 1 rings (SSSR count). The minimum absolute atomic E-state index is 0.260. The van der Waals surface area contributed by atoms with E-state index in [0.717, 1.165) is 38.0 Å². The van der Waals surface area contributed by atoms with Crippen molar-refractivity contribution in [2.75, 3.05) is 19.6 Å². The zero-order chi connectivity index (χ0) is 12.8. The lowest BCUT2D eigenvalue weighted by atomic mass is 10.1. The number of ether oxygens (including phenoxy) is 1. The van der Waals surface area contributed by atoms with E-state index in [0.29, 0.717) is 6.10 Å². The van der Waals surface area contributed by atoms with Crippen molar-refractivity contribution in [3.05, 3.63) is 11.6 Å². The first-order chi connectivity index (χ1) is 7.97. The number of piperidine rings is 1. The standard InChI is InChI=1S/C13H23NO3/c1-10(2)17-12-5-4-6-14(9-12)8-11(3)7-13(15)16/h7,10,12H,4-6,8-9H2,1-3H3,(H,15,16). The summed E-state index contributed by atoms with van der Waals surface area (Å²) < 4.78 is 5.81. The summed E-state index contributed by atoms with van der Waals surface area (Å²) in [6.07, 6.45) is 4.07. The Hall–Kier alpha value is -0.870. The van der Waals surface area contributed by atoms with E-state index in [1.165, 1.54) is 6.08 Å². The third-order valence-corrected chi connectivity index (χ3v) is 2.77. The molecule has 0 aromatic rings. The molecule has 0 aromatic carbocycles. The second-order valence-electron chi connectivity index (χ2n) is 5.01. The summed E-state index contributed by atoms with van der Waals surface area (Å²) in [5.74, 6) is -0.866. The van der Waals surface area contributed by atoms with Crippen LogP contribution in [0.3, 0.4) is 0 Å². The number of hydrogen-bond acceptors (Lipinski definition) is 3. The van der Waals surface area contributed by atoms with Crippen LogP contribution in [0, 0.1) is 0 Å². The molecule has 1 heterocycles. The molecule has 98 valence electrons. The molecular formula is C13H23NO3. The lowest BCUT2D eigenvalue weighted by Crippen LogP contribution is -2.41. The van der Waals surface area contributed by atoms with E-state index >= 15 is 0 Å². The average Bonchev–Trinajstić information content (AvgIpc) is 2.14. The van der Waals surface area contributed by atoms with Gasteiger partial charge in [-0.1, -0.05) is 5.57 Å². The van der Waals surface area contributed by atoms with Gasteiger partial charge in [0, 0.05) is 19.2 Å². The lowest BCUT2D eigenvalue weighted by molar-refractivity contribution is -0.131. The average molecular weight is 241 g/mol. The highest BCUT2D eigenvalue weighted by molar-refractivity contribution is 5.80. The van der Waals surface area contributed by atoms with Gasteiger partial charge < -0.3 is 9.84 Å². The van der Waals surface area contributed by atoms with Gasteiger partial charge in [0.1, 0.15) is 0 Å². The molecule has 1 atom stereocenters. The van der Waals surface area contributed by atoms with E-state index in [2.05, 4.69) is 18.7 Å². The summed E-state index contributed by atoms with van der Waals surface area (Å²) in [6.45, 7) is 8.63. The molecular weight excluding hydrogens is 218 g/mol. The maximum Gasteiger partial charge on any atom is 0.328 e. The Morgan fingerprint density at radius 2 is 2.29 bits per heavy atom. The Balaban J connectivity index is 2.41. The van der Waals surface area contributed by atoms with Gasteiger partial charge in [-0.25, -0.2) is 4.79 Å². The molecule has 4 heteroatoms. The van der Waals surface area contributed by atoms with E-state index in [9.17, 15) is 4.79 Å². The third kappa shape index (κ3) is 5.84. The molecule has 0 saturated carbocycles. The predicted molar refractivity (Wildman–Crippen MR) is 67.1 cm³/mol. The molecule has 17 heavy (non-hydrogen) atoms. The number of carboxylic acid groups (broad SMARTS) is 1. The summed E-state index contributed by atoms with van der Waals surface area (Å²) in [5.41, 5.74) is 0.891. The Labute approximate surface area is 103 Å². The summed E-state index contributed by atoms with van der Waals surface area (Å²) in [4.78, 5) is 12.8. The fourth-order valence-electron chi connectivity index (χ4n) is 2.26. The molecule has 0 radical (unpaired) electrons. The summed E-state index contributed by atoms with van der Waals surface area (Å²) in [7, 11) is 0. The highest BCUT2D eigenvalue weighted by Crippen LogP contribution is 2.15. The Kier molecular flexibility index (Phi) is 5.65. The first kappa shape index (κ1) is 14.2. The molecule has 1 aliphatic heterocycles. The van der Waals surface area contributed by atoms with Gasteiger partial charge in [-0.05, 0) is 40.2 Å². The summed E-state index contributed by atoms with van der Waals surface area (Å²) in [5, 5.41) is 8.66. The number of rotatable bonds is 5. The Morgan fingerprint density at radius 3 is 2.88 bits per heavy atom. The fourth-order valence-corrected chi connectivity index (χ4v) is 2.26. The number of carbonyl (C=O) groups is 1. The van der Waals surface area contributed by atoms with Crippen LogP contribution in [0.4, 0.5) is 0 Å². The predicted octanol–water partition coefficient (Wildman–Crippen LogP) is 1.91. The SMILES string of the molecule is CC(=CC(=O)O)CN1CCCC(OC(C)C)C1. The van der Waals surface area contributed by atoms with Crippen LogP contribution in [-0.2, 0) is 9.53 Å².